The fourth-order valence-corrected chi connectivity index (χ4v) is 4.97. The number of carbonyl (C=O) groups excluding carboxylic acids is 1. The van der Waals surface area contributed by atoms with Gasteiger partial charge < -0.3 is 9.64 Å². The summed E-state index contributed by atoms with van der Waals surface area (Å²) in [5, 5.41) is 8.26. The van der Waals surface area contributed by atoms with Crippen LogP contribution < -0.4 is 4.74 Å². The van der Waals surface area contributed by atoms with Crippen LogP contribution in [0, 0.1) is 12.3 Å². The van der Waals surface area contributed by atoms with E-state index in [0.717, 1.165) is 0 Å². The van der Waals surface area contributed by atoms with E-state index in [0.29, 0.717) is 31.0 Å². The molecular formula is C18H21ClN4O4S. The fourth-order valence-electron chi connectivity index (χ4n) is 3.13. The molecule has 1 amide bonds. The number of amides is 1. The number of hydrogen-bond acceptors (Lipinski definition) is 6. The van der Waals surface area contributed by atoms with Gasteiger partial charge in [0.25, 0.3) is 0 Å². The van der Waals surface area contributed by atoms with Crippen molar-refractivity contribution in [3.05, 3.63) is 23.2 Å². The van der Waals surface area contributed by atoms with Gasteiger partial charge in [-0.15, -0.1) is 12.3 Å². The molecule has 0 radical (unpaired) electrons. The molecule has 150 valence electrons. The maximum Gasteiger partial charge on any atom is 0.246 e. The summed E-state index contributed by atoms with van der Waals surface area (Å²) in [5.74, 6) is 2.66. The lowest BCUT2D eigenvalue weighted by molar-refractivity contribution is -0.133. The van der Waals surface area contributed by atoms with Crippen molar-refractivity contribution in [2.24, 2.45) is 10.2 Å². The fraction of sp³-hybridized carbons (Fsp3) is 0.500. The van der Waals surface area contributed by atoms with Gasteiger partial charge in [-0.25, -0.2) is 8.42 Å². The van der Waals surface area contributed by atoms with E-state index in [9.17, 15) is 13.2 Å². The second-order valence-corrected chi connectivity index (χ2v) is 8.99. The number of nitrogens with zero attached hydrogens (tertiary/aromatic N) is 4. The first-order chi connectivity index (χ1) is 13.3. The molecule has 1 aromatic carbocycles. The van der Waals surface area contributed by atoms with Crippen molar-refractivity contribution in [2.45, 2.75) is 29.8 Å². The number of methoxy groups -OCH3 is 1. The Morgan fingerprint density at radius 1 is 1.32 bits per heavy atom. The molecule has 28 heavy (non-hydrogen) atoms. The Labute approximate surface area is 169 Å². The summed E-state index contributed by atoms with van der Waals surface area (Å²) in [4.78, 5) is 14.2. The van der Waals surface area contributed by atoms with Crippen molar-refractivity contribution in [2.75, 3.05) is 33.3 Å². The first-order valence-electron chi connectivity index (χ1n) is 8.80. The minimum absolute atomic E-state index is 0.0195. The Hall–Kier alpha value is -2.15. The van der Waals surface area contributed by atoms with Crippen LogP contribution in [0.25, 0.3) is 0 Å². The quantitative estimate of drug-likeness (QED) is 0.627. The molecule has 0 bridgehead atoms. The molecule has 1 aromatic rings. The predicted octanol–water partition coefficient (Wildman–Crippen LogP) is 2.15. The van der Waals surface area contributed by atoms with E-state index in [2.05, 4.69) is 16.1 Å². The summed E-state index contributed by atoms with van der Waals surface area (Å²) in [7, 11) is -2.38. The summed E-state index contributed by atoms with van der Waals surface area (Å²) in [6, 6.07) is 4.46. The molecule has 2 aliphatic heterocycles. The van der Waals surface area contributed by atoms with E-state index in [1.807, 2.05) is 0 Å². The molecule has 8 nitrogen and oxygen atoms in total. The molecule has 0 unspecified atom stereocenters. The molecule has 1 saturated heterocycles. The predicted molar refractivity (Wildman–Crippen MR) is 104 cm³/mol. The lowest BCUT2D eigenvalue weighted by Crippen LogP contribution is -2.51. The van der Waals surface area contributed by atoms with E-state index >= 15 is 0 Å². The molecule has 10 heteroatoms. The molecule has 2 heterocycles. The van der Waals surface area contributed by atoms with Crippen LogP contribution in [0.4, 0.5) is 0 Å². The zero-order valence-electron chi connectivity index (χ0n) is 15.5. The Kier molecular flexibility index (Phi) is 5.93. The Morgan fingerprint density at radius 2 is 2.00 bits per heavy atom. The third kappa shape index (κ3) is 4.29. The molecule has 0 spiro atoms. The van der Waals surface area contributed by atoms with Gasteiger partial charge in [0.1, 0.15) is 10.6 Å². The highest BCUT2D eigenvalue weighted by Crippen LogP contribution is 2.37. The van der Waals surface area contributed by atoms with Crippen LogP contribution in [-0.2, 0) is 14.8 Å². The van der Waals surface area contributed by atoms with Gasteiger partial charge in [0.05, 0.1) is 13.5 Å². The van der Waals surface area contributed by atoms with E-state index in [1.54, 1.807) is 11.0 Å². The normalized spacial score (nSPS) is 18.5. The summed E-state index contributed by atoms with van der Waals surface area (Å²) in [5.41, 5.74) is -0.680. The number of rotatable bonds is 7. The first kappa shape index (κ1) is 20.6. The summed E-state index contributed by atoms with van der Waals surface area (Å²) < 4.78 is 32.5. The van der Waals surface area contributed by atoms with E-state index in [-0.39, 0.29) is 36.1 Å². The van der Waals surface area contributed by atoms with Crippen LogP contribution in [0.3, 0.4) is 0 Å². The maximum absolute atomic E-state index is 13.0. The molecule has 0 aliphatic carbocycles. The molecule has 0 atom stereocenters. The van der Waals surface area contributed by atoms with Crippen molar-refractivity contribution >= 4 is 27.5 Å². The minimum Gasteiger partial charge on any atom is -0.495 e. The van der Waals surface area contributed by atoms with Gasteiger partial charge in [-0.2, -0.15) is 14.5 Å². The summed E-state index contributed by atoms with van der Waals surface area (Å²) >= 11 is 5.97. The molecule has 2 aliphatic rings. The highest BCUT2D eigenvalue weighted by Gasteiger charge is 2.43. The average molecular weight is 425 g/mol. The highest BCUT2D eigenvalue weighted by atomic mass is 35.5. The first-order valence-corrected chi connectivity index (χ1v) is 10.6. The lowest BCUT2D eigenvalue weighted by atomic mass is 10.0. The van der Waals surface area contributed by atoms with Gasteiger partial charge in [0.2, 0.25) is 21.6 Å². The summed E-state index contributed by atoms with van der Waals surface area (Å²) in [6.07, 6.45) is 6.49. The van der Waals surface area contributed by atoms with Gasteiger partial charge in [-0.1, -0.05) is 11.6 Å². The Bertz CT molecular complexity index is 927. The van der Waals surface area contributed by atoms with Crippen LogP contribution in [-0.4, -0.2) is 62.5 Å². The zero-order valence-corrected chi connectivity index (χ0v) is 17.0. The molecular weight excluding hydrogens is 404 g/mol. The van der Waals surface area contributed by atoms with Crippen molar-refractivity contribution in [3.63, 3.8) is 0 Å². The topological polar surface area (TPSA) is 91.6 Å². The monoisotopic (exact) mass is 424 g/mol. The SMILES string of the molecule is C#CCCC1(CC(=O)N2CCN(S(=O)(=O)c3cc(Cl)ccc3OC)CC2)N=N1. The zero-order chi connectivity index (χ0) is 20.4. The number of carbonyl (C=O) groups is 1. The standard InChI is InChI=1S/C18H21ClN4O4S/c1-3-4-7-18(20-21-18)13-17(24)22-8-10-23(11-9-22)28(25,26)16-12-14(19)5-6-15(16)27-2/h1,5-6,12H,4,7-11,13H2,2H3. The highest BCUT2D eigenvalue weighted by molar-refractivity contribution is 7.89. The van der Waals surface area contributed by atoms with Crippen LogP contribution in [0.5, 0.6) is 5.75 Å². The van der Waals surface area contributed by atoms with E-state index < -0.39 is 15.7 Å². The van der Waals surface area contributed by atoms with Crippen molar-refractivity contribution in [1.29, 1.82) is 0 Å². The molecule has 1 fully saturated rings. The lowest BCUT2D eigenvalue weighted by Gasteiger charge is -2.34. The smallest absolute Gasteiger partial charge is 0.246 e. The molecule has 0 aromatic heterocycles. The molecule has 3 rings (SSSR count). The van der Waals surface area contributed by atoms with Crippen LogP contribution in [0.15, 0.2) is 33.3 Å². The van der Waals surface area contributed by atoms with Crippen LogP contribution >= 0.6 is 11.6 Å². The Morgan fingerprint density at radius 3 is 2.57 bits per heavy atom. The molecule has 0 N–H and O–H groups in total. The average Bonchev–Trinajstić information content (AvgIpc) is 3.46. The van der Waals surface area contributed by atoms with Crippen molar-refractivity contribution in [1.82, 2.24) is 9.21 Å². The number of benzene rings is 1. The van der Waals surface area contributed by atoms with Gasteiger partial charge in [-0.05, 0) is 18.2 Å². The maximum atomic E-state index is 13.0. The molecule has 0 saturated carbocycles. The number of piperazine rings is 1. The van der Waals surface area contributed by atoms with Gasteiger partial charge >= 0.3 is 0 Å². The third-order valence-electron chi connectivity index (χ3n) is 4.82. The van der Waals surface area contributed by atoms with Crippen LogP contribution in [0.1, 0.15) is 19.3 Å². The van der Waals surface area contributed by atoms with Crippen molar-refractivity contribution < 1.29 is 17.9 Å². The van der Waals surface area contributed by atoms with Gasteiger partial charge in [0, 0.05) is 44.0 Å². The largest absolute Gasteiger partial charge is 0.495 e. The minimum atomic E-state index is -3.78. The van der Waals surface area contributed by atoms with E-state index in [4.69, 9.17) is 22.8 Å². The number of sulfonamides is 1. The summed E-state index contributed by atoms with van der Waals surface area (Å²) in [6.45, 7) is 0.975. The number of hydrogen-bond donors (Lipinski definition) is 0. The van der Waals surface area contributed by atoms with Crippen molar-refractivity contribution in [3.8, 4) is 18.1 Å². The number of halogens is 1. The Balaban J connectivity index is 1.63. The van der Waals surface area contributed by atoms with Gasteiger partial charge in [-0.3, -0.25) is 4.79 Å². The third-order valence-corrected chi connectivity index (χ3v) is 6.98. The number of ether oxygens (including phenoxy) is 1. The second kappa shape index (κ2) is 8.07. The van der Waals surface area contributed by atoms with E-state index in [1.165, 1.54) is 23.5 Å². The van der Waals surface area contributed by atoms with Crippen LogP contribution in [0.2, 0.25) is 5.02 Å². The number of terminal acetylenes is 1. The second-order valence-electron chi connectivity index (χ2n) is 6.64. The van der Waals surface area contributed by atoms with Gasteiger partial charge in [0.15, 0.2) is 0 Å².